The van der Waals surface area contributed by atoms with E-state index in [1.165, 1.54) is 25.0 Å². The number of ether oxygens (including phenoxy) is 2. The molecule has 3 rings (SSSR count). The number of esters is 2. The maximum absolute atomic E-state index is 11.7. The molecule has 2 aromatic carbocycles. The summed E-state index contributed by atoms with van der Waals surface area (Å²) >= 11 is 0. The van der Waals surface area contributed by atoms with Crippen molar-refractivity contribution in [1.82, 2.24) is 4.98 Å². The van der Waals surface area contributed by atoms with E-state index in [0.717, 1.165) is 39.4 Å². The zero-order valence-electron chi connectivity index (χ0n) is 18.5. The molecular weight excluding hydrogens is 378 g/mol. The molecule has 0 spiro atoms. The lowest BCUT2D eigenvalue weighted by molar-refractivity contribution is -0.145. The summed E-state index contributed by atoms with van der Waals surface area (Å²) in [4.78, 5) is 26.6. The number of hydrogen-bond acceptors (Lipinski definition) is 4. The highest BCUT2D eigenvalue weighted by Crippen LogP contribution is 2.36. The third kappa shape index (κ3) is 4.73. The Morgan fingerprint density at radius 2 is 1.80 bits per heavy atom. The van der Waals surface area contributed by atoms with Crippen LogP contribution in [0.3, 0.4) is 0 Å². The van der Waals surface area contributed by atoms with Gasteiger partial charge in [0.1, 0.15) is 11.9 Å². The average Bonchev–Trinajstić information content (AvgIpc) is 3.00. The predicted octanol–water partition coefficient (Wildman–Crippen LogP) is 5.56. The molecule has 0 amide bonds. The Labute approximate surface area is 177 Å². The highest BCUT2D eigenvalue weighted by Gasteiger charge is 2.19. The Balaban J connectivity index is 2.20. The van der Waals surface area contributed by atoms with Gasteiger partial charge in [-0.3, -0.25) is 9.59 Å². The third-order valence-electron chi connectivity index (χ3n) is 5.16. The minimum Gasteiger partial charge on any atom is -0.463 e. The van der Waals surface area contributed by atoms with Crippen molar-refractivity contribution in [3.05, 3.63) is 52.6 Å². The minimum absolute atomic E-state index is 0.295. The van der Waals surface area contributed by atoms with Gasteiger partial charge in [-0.2, -0.15) is 0 Å². The fraction of sp³-hybridized carbons (Fsp3) is 0.360. The largest absolute Gasteiger partial charge is 0.463 e. The number of fused-ring (bicyclic) bond motifs is 3. The zero-order chi connectivity index (χ0) is 22.0. The van der Waals surface area contributed by atoms with Gasteiger partial charge in [0.05, 0.1) is 5.52 Å². The van der Waals surface area contributed by atoms with Crippen LogP contribution >= 0.6 is 0 Å². The monoisotopic (exact) mass is 407 g/mol. The molecule has 0 aliphatic rings. The molecule has 5 heteroatoms. The molecule has 0 saturated carbocycles. The van der Waals surface area contributed by atoms with Crippen LogP contribution in [0.25, 0.3) is 21.8 Å². The van der Waals surface area contributed by atoms with Crippen LogP contribution < -0.4 is 4.74 Å². The number of carbonyl (C=O) groups excluding carboxylic acids is 2. The number of carbonyl (C=O) groups is 2. The van der Waals surface area contributed by atoms with E-state index in [2.05, 4.69) is 43.1 Å². The Kier molecular flexibility index (Phi) is 6.30. The second-order valence-corrected chi connectivity index (χ2v) is 8.11. The van der Waals surface area contributed by atoms with Gasteiger partial charge in [0, 0.05) is 36.6 Å². The first kappa shape index (κ1) is 21.6. The molecule has 1 N–H and O–H groups in total. The number of H-pyrrole nitrogens is 1. The number of aromatic nitrogens is 1. The molecule has 3 aromatic rings. The summed E-state index contributed by atoms with van der Waals surface area (Å²) in [5.74, 6) is -0.135. The molecule has 1 aromatic heterocycles. The van der Waals surface area contributed by atoms with E-state index in [4.69, 9.17) is 9.47 Å². The summed E-state index contributed by atoms with van der Waals surface area (Å²) in [6.07, 6.45) is 3.30. The molecule has 1 atom stereocenters. The van der Waals surface area contributed by atoms with E-state index >= 15 is 0 Å². The summed E-state index contributed by atoms with van der Waals surface area (Å²) < 4.78 is 10.9. The van der Waals surface area contributed by atoms with E-state index < -0.39 is 0 Å². The Morgan fingerprint density at radius 1 is 1.07 bits per heavy atom. The first-order valence-electron chi connectivity index (χ1n) is 10.2. The molecule has 0 bridgehead atoms. The van der Waals surface area contributed by atoms with E-state index in [-0.39, 0.29) is 18.0 Å². The van der Waals surface area contributed by atoms with Gasteiger partial charge in [-0.05, 0) is 69.0 Å². The van der Waals surface area contributed by atoms with Gasteiger partial charge in [0.25, 0.3) is 0 Å². The first-order valence-corrected chi connectivity index (χ1v) is 10.2. The smallest absolute Gasteiger partial charge is 0.308 e. The molecular formula is C25H29NO4. The lowest BCUT2D eigenvalue weighted by atomic mass is 9.97. The van der Waals surface area contributed by atoms with Crippen molar-refractivity contribution in [2.24, 2.45) is 0 Å². The van der Waals surface area contributed by atoms with Crippen molar-refractivity contribution in [3.8, 4) is 5.75 Å². The Morgan fingerprint density at radius 3 is 2.43 bits per heavy atom. The van der Waals surface area contributed by atoms with Crippen molar-refractivity contribution < 1.29 is 19.1 Å². The normalized spacial score (nSPS) is 12.1. The second-order valence-electron chi connectivity index (χ2n) is 8.11. The number of aromatic amines is 1. The topological polar surface area (TPSA) is 68.4 Å². The van der Waals surface area contributed by atoms with Crippen LogP contribution in [0.15, 0.2) is 35.9 Å². The second kappa shape index (κ2) is 8.74. The van der Waals surface area contributed by atoms with Gasteiger partial charge in [-0.25, -0.2) is 0 Å². The average molecular weight is 408 g/mol. The quantitative estimate of drug-likeness (QED) is 0.330. The van der Waals surface area contributed by atoms with E-state index in [0.29, 0.717) is 12.2 Å². The van der Waals surface area contributed by atoms with Crippen molar-refractivity contribution >= 4 is 33.7 Å². The van der Waals surface area contributed by atoms with Gasteiger partial charge in [0.2, 0.25) is 0 Å². The van der Waals surface area contributed by atoms with Crippen molar-refractivity contribution in [3.63, 3.8) is 0 Å². The van der Waals surface area contributed by atoms with Crippen molar-refractivity contribution in [2.75, 3.05) is 0 Å². The number of allylic oxidation sites excluding steroid dienone is 2. The standard InChI is InChI=1S/C25H29NO4/c1-14(2)7-8-19-9-10-23-21(12-19)22-13-24(30-18(6)28)16(4)20(25(22)26-23)11-15(3)29-17(5)27/h7,9-10,12-13,15,26H,8,11H2,1-6H3/t15-/m1/s1. The van der Waals surface area contributed by atoms with Crippen LogP contribution in [0, 0.1) is 6.92 Å². The third-order valence-corrected chi connectivity index (χ3v) is 5.16. The maximum atomic E-state index is 11.7. The highest BCUT2D eigenvalue weighted by atomic mass is 16.5. The molecule has 0 unspecified atom stereocenters. The van der Waals surface area contributed by atoms with Crippen LogP contribution in [0.5, 0.6) is 5.75 Å². The van der Waals surface area contributed by atoms with Crippen molar-refractivity contribution in [2.45, 2.75) is 60.5 Å². The molecule has 0 radical (unpaired) electrons. The summed E-state index contributed by atoms with van der Waals surface area (Å²) in [6, 6.07) is 8.32. The summed E-state index contributed by atoms with van der Waals surface area (Å²) in [5, 5.41) is 2.08. The number of rotatable bonds is 6. The first-order chi connectivity index (χ1) is 14.2. The molecule has 0 aliphatic heterocycles. The van der Waals surface area contributed by atoms with Crippen LogP contribution in [0.2, 0.25) is 0 Å². The Hall–Kier alpha value is -3.08. The molecule has 0 fully saturated rings. The molecule has 0 aliphatic carbocycles. The molecule has 158 valence electrons. The van der Waals surface area contributed by atoms with Crippen LogP contribution in [0.1, 0.15) is 51.3 Å². The number of nitrogens with one attached hydrogen (secondary N) is 1. The molecule has 0 saturated heterocycles. The maximum Gasteiger partial charge on any atom is 0.308 e. The molecule has 30 heavy (non-hydrogen) atoms. The van der Waals surface area contributed by atoms with Gasteiger partial charge in [-0.15, -0.1) is 0 Å². The van der Waals surface area contributed by atoms with E-state index in [9.17, 15) is 9.59 Å². The number of benzene rings is 2. The van der Waals surface area contributed by atoms with Crippen LogP contribution in [0.4, 0.5) is 0 Å². The Bertz CT molecular complexity index is 1150. The fourth-order valence-corrected chi connectivity index (χ4v) is 3.80. The molecule has 1 heterocycles. The van der Waals surface area contributed by atoms with Gasteiger partial charge in [-0.1, -0.05) is 17.7 Å². The van der Waals surface area contributed by atoms with Gasteiger partial charge < -0.3 is 14.5 Å². The van der Waals surface area contributed by atoms with Gasteiger partial charge >= 0.3 is 11.9 Å². The highest BCUT2D eigenvalue weighted by molar-refractivity contribution is 6.09. The number of hydrogen-bond donors (Lipinski definition) is 1. The van der Waals surface area contributed by atoms with E-state index in [1.807, 2.05) is 19.9 Å². The summed E-state index contributed by atoms with van der Waals surface area (Å²) in [7, 11) is 0. The summed E-state index contributed by atoms with van der Waals surface area (Å²) in [5.41, 5.74) is 6.36. The SMILES string of the molecule is CC(=O)Oc1cc2c([nH]c3ccc(CC=C(C)C)cc32)c(C[C@@H](C)OC(C)=O)c1C. The zero-order valence-corrected chi connectivity index (χ0v) is 18.5. The lowest BCUT2D eigenvalue weighted by Crippen LogP contribution is -2.16. The lowest BCUT2D eigenvalue weighted by Gasteiger charge is -2.17. The molecule has 5 nitrogen and oxygen atoms in total. The fourth-order valence-electron chi connectivity index (χ4n) is 3.80. The van der Waals surface area contributed by atoms with Crippen LogP contribution in [-0.4, -0.2) is 23.0 Å². The summed E-state index contributed by atoms with van der Waals surface area (Å²) in [6.45, 7) is 10.8. The predicted molar refractivity (Wildman–Crippen MR) is 120 cm³/mol. The van der Waals surface area contributed by atoms with Crippen molar-refractivity contribution in [1.29, 1.82) is 0 Å². The van der Waals surface area contributed by atoms with Crippen LogP contribution in [-0.2, 0) is 27.2 Å². The van der Waals surface area contributed by atoms with E-state index in [1.54, 1.807) is 0 Å². The minimum atomic E-state index is -0.361. The van der Waals surface area contributed by atoms with Gasteiger partial charge in [0.15, 0.2) is 0 Å².